The van der Waals surface area contributed by atoms with Crippen molar-refractivity contribution in [3.63, 3.8) is 0 Å². The SMILES string of the molecule is CCN=C1NC(=O)C(c2ccc(Cl)cc2Br)N1. The van der Waals surface area contributed by atoms with Crippen LogP contribution >= 0.6 is 27.5 Å². The van der Waals surface area contributed by atoms with Gasteiger partial charge in [0.2, 0.25) is 0 Å². The molecule has 0 bridgehead atoms. The first-order valence-electron chi connectivity index (χ1n) is 5.18. The van der Waals surface area contributed by atoms with E-state index < -0.39 is 6.04 Å². The molecule has 1 aromatic carbocycles. The van der Waals surface area contributed by atoms with E-state index in [1.165, 1.54) is 0 Å². The largest absolute Gasteiger partial charge is 0.340 e. The molecule has 1 aliphatic heterocycles. The molecule has 1 amide bonds. The lowest BCUT2D eigenvalue weighted by Gasteiger charge is -2.10. The first-order valence-corrected chi connectivity index (χ1v) is 6.35. The molecule has 6 heteroatoms. The molecule has 2 rings (SSSR count). The molecule has 1 aromatic rings. The number of amides is 1. The molecule has 1 aliphatic rings. The van der Waals surface area contributed by atoms with E-state index >= 15 is 0 Å². The number of nitrogens with zero attached hydrogens (tertiary/aromatic N) is 1. The summed E-state index contributed by atoms with van der Waals surface area (Å²) in [5.74, 6) is 0.407. The topological polar surface area (TPSA) is 53.5 Å². The van der Waals surface area contributed by atoms with E-state index in [1.54, 1.807) is 12.1 Å². The van der Waals surface area contributed by atoms with Gasteiger partial charge in [-0.15, -0.1) is 0 Å². The van der Waals surface area contributed by atoms with E-state index in [2.05, 4.69) is 31.6 Å². The average molecular weight is 317 g/mol. The maximum Gasteiger partial charge on any atom is 0.253 e. The van der Waals surface area contributed by atoms with Crippen LogP contribution in [0.15, 0.2) is 27.7 Å². The Labute approximate surface area is 113 Å². The standard InChI is InChI=1S/C11H11BrClN3O/c1-2-14-11-15-9(10(17)16-11)7-4-3-6(13)5-8(7)12/h3-5,9H,2H2,1H3,(H2,14,15,16,17). The van der Waals surface area contributed by atoms with Crippen molar-refractivity contribution < 1.29 is 4.79 Å². The molecule has 1 heterocycles. The van der Waals surface area contributed by atoms with Crippen LogP contribution < -0.4 is 10.6 Å². The predicted molar refractivity (Wildman–Crippen MR) is 71.1 cm³/mol. The number of guanidine groups is 1. The first-order chi connectivity index (χ1) is 8.11. The molecule has 0 saturated carbocycles. The van der Waals surface area contributed by atoms with Gasteiger partial charge in [0.05, 0.1) is 0 Å². The monoisotopic (exact) mass is 315 g/mol. The van der Waals surface area contributed by atoms with Crippen molar-refractivity contribution in [3.8, 4) is 0 Å². The molecule has 0 radical (unpaired) electrons. The summed E-state index contributed by atoms with van der Waals surface area (Å²) in [4.78, 5) is 15.9. The number of aliphatic imine (C=N–C) groups is 1. The smallest absolute Gasteiger partial charge is 0.253 e. The van der Waals surface area contributed by atoms with Crippen LogP contribution in [0.3, 0.4) is 0 Å². The number of rotatable bonds is 2. The van der Waals surface area contributed by atoms with Crippen LogP contribution in [-0.2, 0) is 4.79 Å². The Morgan fingerprint density at radius 1 is 1.53 bits per heavy atom. The molecular formula is C11H11BrClN3O. The van der Waals surface area contributed by atoms with Crippen molar-refractivity contribution in [3.05, 3.63) is 33.3 Å². The van der Waals surface area contributed by atoms with Gasteiger partial charge in [-0.25, -0.2) is 0 Å². The second-order valence-corrected chi connectivity index (χ2v) is 4.85. The summed E-state index contributed by atoms with van der Waals surface area (Å²) in [5.41, 5.74) is 0.841. The molecule has 1 unspecified atom stereocenters. The molecule has 2 N–H and O–H groups in total. The number of carbonyl (C=O) groups is 1. The Balaban J connectivity index is 2.29. The van der Waals surface area contributed by atoms with Crippen molar-refractivity contribution in [1.29, 1.82) is 0 Å². The van der Waals surface area contributed by atoms with Crippen molar-refractivity contribution in [1.82, 2.24) is 10.6 Å². The van der Waals surface area contributed by atoms with Crippen LogP contribution in [0.25, 0.3) is 0 Å². The molecule has 1 atom stereocenters. The zero-order chi connectivity index (χ0) is 12.4. The third-order valence-electron chi connectivity index (χ3n) is 2.37. The second kappa shape index (κ2) is 5.06. The van der Waals surface area contributed by atoms with Crippen LogP contribution in [0, 0.1) is 0 Å². The van der Waals surface area contributed by atoms with Gasteiger partial charge in [-0.2, -0.15) is 0 Å². The Bertz CT molecular complexity index is 490. The van der Waals surface area contributed by atoms with Gasteiger partial charge in [0, 0.05) is 16.0 Å². The van der Waals surface area contributed by atoms with Crippen molar-refractivity contribution in [2.45, 2.75) is 13.0 Å². The normalized spacial score (nSPS) is 21.5. The minimum atomic E-state index is -0.424. The van der Waals surface area contributed by atoms with Gasteiger partial charge in [-0.3, -0.25) is 15.1 Å². The lowest BCUT2D eigenvalue weighted by molar-refractivity contribution is -0.120. The van der Waals surface area contributed by atoms with Crippen molar-refractivity contribution in [2.75, 3.05) is 6.54 Å². The van der Waals surface area contributed by atoms with Gasteiger partial charge in [0.15, 0.2) is 5.96 Å². The maximum atomic E-state index is 11.8. The summed E-state index contributed by atoms with van der Waals surface area (Å²) < 4.78 is 0.801. The quantitative estimate of drug-likeness (QED) is 0.879. The summed E-state index contributed by atoms with van der Waals surface area (Å²) in [7, 11) is 0. The molecule has 1 fully saturated rings. The maximum absolute atomic E-state index is 11.8. The molecule has 17 heavy (non-hydrogen) atoms. The minimum absolute atomic E-state index is 0.111. The van der Waals surface area contributed by atoms with Crippen molar-refractivity contribution in [2.24, 2.45) is 4.99 Å². The highest BCUT2D eigenvalue weighted by atomic mass is 79.9. The molecule has 4 nitrogen and oxygen atoms in total. The first kappa shape index (κ1) is 12.4. The van der Waals surface area contributed by atoms with Gasteiger partial charge in [0.25, 0.3) is 5.91 Å². The Morgan fingerprint density at radius 3 is 2.94 bits per heavy atom. The lowest BCUT2D eigenvalue weighted by atomic mass is 10.1. The zero-order valence-corrected chi connectivity index (χ0v) is 11.5. The van der Waals surface area contributed by atoms with E-state index in [0.717, 1.165) is 10.0 Å². The fourth-order valence-electron chi connectivity index (χ4n) is 1.63. The molecule has 0 spiro atoms. The number of hydrogen-bond acceptors (Lipinski definition) is 2. The van der Waals surface area contributed by atoms with Crippen LogP contribution in [-0.4, -0.2) is 18.4 Å². The third kappa shape index (κ3) is 2.61. The number of benzene rings is 1. The summed E-state index contributed by atoms with van der Waals surface area (Å²) in [6.45, 7) is 2.53. The highest BCUT2D eigenvalue weighted by molar-refractivity contribution is 9.10. The van der Waals surface area contributed by atoms with Crippen LogP contribution in [0.2, 0.25) is 5.02 Å². The molecule has 0 aliphatic carbocycles. The lowest BCUT2D eigenvalue weighted by Crippen LogP contribution is -2.25. The number of nitrogens with one attached hydrogen (secondary N) is 2. The summed E-state index contributed by atoms with van der Waals surface area (Å²) in [6, 6.07) is 4.91. The number of hydrogen-bond donors (Lipinski definition) is 2. The fraction of sp³-hybridized carbons (Fsp3) is 0.273. The van der Waals surface area contributed by atoms with Gasteiger partial charge in [0.1, 0.15) is 6.04 Å². The van der Waals surface area contributed by atoms with Gasteiger partial charge in [-0.1, -0.05) is 33.6 Å². The molecule has 90 valence electrons. The van der Waals surface area contributed by atoms with Crippen molar-refractivity contribution >= 4 is 39.4 Å². The third-order valence-corrected chi connectivity index (χ3v) is 3.30. The summed E-state index contributed by atoms with van der Waals surface area (Å²) in [6.07, 6.45) is 0. The zero-order valence-electron chi connectivity index (χ0n) is 9.13. The molecule has 1 saturated heterocycles. The van der Waals surface area contributed by atoms with E-state index in [-0.39, 0.29) is 5.91 Å². The average Bonchev–Trinajstić information content (AvgIpc) is 2.60. The van der Waals surface area contributed by atoms with Gasteiger partial charge in [-0.05, 0) is 24.6 Å². The highest BCUT2D eigenvalue weighted by Gasteiger charge is 2.30. The van der Waals surface area contributed by atoms with Crippen LogP contribution in [0.1, 0.15) is 18.5 Å². The number of carbonyl (C=O) groups excluding carboxylic acids is 1. The highest BCUT2D eigenvalue weighted by Crippen LogP contribution is 2.28. The van der Waals surface area contributed by atoms with Crippen LogP contribution in [0.5, 0.6) is 0 Å². The predicted octanol–water partition coefficient (Wildman–Crippen LogP) is 2.24. The minimum Gasteiger partial charge on any atom is -0.340 e. The Kier molecular flexibility index (Phi) is 3.69. The van der Waals surface area contributed by atoms with Gasteiger partial charge >= 0.3 is 0 Å². The summed E-state index contributed by atoms with van der Waals surface area (Å²) >= 11 is 9.26. The van der Waals surface area contributed by atoms with Crippen LogP contribution in [0.4, 0.5) is 0 Å². The number of halogens is 2. The van der Waals surface area contributed by atoms with E-state index in [4.69, 9.17) is 11.6 Å². The fourth-order valence-corrected chi connectivity index (χ4v) is 2.54. The second-order valence-electron chi connectivity index (χ2n) is 3.56. The van der Waals surface area contributed by atoms with E-state index in [0.29, 0.717) is 17.5 Å². The molecular weight excluding hydrogens is 305 g/mol. The van der Waals surface area contributed by atoms with E-state index in [9.17, 15) is 4.79 Å². The Morgan fingerprint density at radius 2 is 2.29 bits per heavy atom. The van der Waals surface area contributed by atoms with Gasteiger partial charge < -0.3 is 5.32 Å². The van der Waals surface area contributed by atoms with E-state index in [1.807, 2.05) is 13.0 Å². The molecule has 0 aromatic heterocycles. The summed E-state index contributed by atoms with van der Waals surface area (Å²) in [5, 5.41) is 6.35. The Hall–Kier alpha value is -1.07.